The second-order valence-electron chi connectivity index (χ2n) is 14.9. The molecule has 3 aromatic rings. The molecule has 2 aliphatic heterocycles. The highest BCUT2D eigenvalue weighted by Gasteiger charge is 2.39. The van der Waals surface area contributed by atoms with Gasteiger partial charge in [0.1, 0.15) is 24.4 Å². The molecule has 2 unspecified atom stereocenters. The molecule has 0 spiro atoms. The van der Waals surface area contributed by atoms with Crippen molar-refractivity contribution in [3.63, 3.8) is 0 Å². The number of nitriles is 1. The topological polar surface area (TPSA) is 136 Å². The van der Waals surface area contributed by atoms with Crippen LogP contribution < -0.4 is 9.80 Å². The molecule has 272 valence electrons. The van der Waals surface area contributed by atoms with Crippen LogP contribution in [-0.2, 0) is 46.5 Å². The molecule has 0 radical (unpaired) electrons. The van der Waals surface area contributed by atoms with Crippen LogP contribution >= 0.6 is 0 Å². The highest BCUT2D eigenvalue weighted by atomic mass is 32.2. The summed E-state index contributed by atoms with van der Waals surface area (Å²) in [5.74, 6) is 0.518. The first-order valence-corrected chi connectivity index (χ1v) is 21.9. The Kier molecular flexibility index (Phi) is 11.0. The van der Waals surface area contributed by atoms with Gasteiger partial charge in [0.15, 0.2) is 0 Å². The number of anilines is 2. The van der Waals surface area contributed by atoms with Gasteiger partial charge in [0.05, 0.1) is 53.7 Å². The van der Waals surface area contributed by atoms with Crippen molar-refractivity contribution in [3.05, 3.63) is 35.2 Å². The number of nitrogens with zero attached hydrogens (tertiary/aromatic N) is 8. The Balaban J connectivity index is 1.47. The van der Waals surface area contributed by atoms with E-state index in [4.69, 9.17) is 9.47 Å². The number of carbonyl (C=O) groups is 1. The van der Waals surface area contributed by atoms with Crippen molar-refractivity contribution in [2.45, 2.75) is 95.5 Å². The number of alkyl halides is 3. The van der Waals surface area contributed by atoms with Crippen molar-refractivity contribution >= 4 is 47.8 Å². The molecule has 12 nitrogen and oxygen atoms in total. The zero-order valence-corrected chi connectivity index (χ0v) is 31.4. The van der Waals surface area contributed by atoms with E-state index in [0.29, 0.717) is 42.0 Å². The van der Waals surface area contributed by atoms with E-state index in [9.17, 15) is 27.8 Å². The smallest absolute Gasteiger partial charge is 0.418 e. The Morgan fingerprint density at radius 1 is 1.14 bits per heavy atom. The molecule has 0 bridgehead atoms. The van der Waals surface area contributed by atoms with Crippen LogP contribution in [0, 0.1) is 11.3 Å². The molecule has 1 amide bonds. The van der Waals surface area contributed by atoms with E-state index in [2.05, 4.69) is 40.8 Å². The van der Waals surface area contributed by atoms with Gasteiger partial charge in [0, 0.05) is 63.0 Å². The van der Waals surface area contributed by atoms with Crippen LogP contribution in [0.3, 0.4) is 0 Å². The number of piperazine rings is 1. The Bertz CT molecular complexity index is 1750. The highest BCUT2D eigenvalue weighted by molar-refractivity contribution is 7.90. The van der Waals surface area contributed by atoms with Gasteiger partial charge < -0.3 is 28.7 Å². The molecule has 50 heavy (non-hydrogen) atoms. The maximum absolute atomic E-state index is 14.5. The molecule has 2 aromatic heterocycles. The van der Waals surface area contributed by atoms with Crippen LogP contribution in [0.15, 0.2) is 23.5 Å². The molecule has 0 aliphatic carbocycles. The van der Waals surface area contributed by atoms with Gasteiger partial charge in [-0.2, -0.15) is 33.5 Å². The number of halogens is 3. The summed E-state index contributed by atoms with van der Waals surface area (Å²) in [7, 11) is -1.32. The standard InChI is InChI=1S/C33H45F3N8O4SSi/c1-32(2,3)48-31(45)43-15-14-42(19-22(43)10-12-37)29-23-11-13-41(20-26(23)39-30(40-29)49(4)46)28-24-18-38-44(21-47-16-17-50(5,6)7)27(24)9-8-25(28)33(34,35)36/h8-9,18,22H,10-11,13-17,19-21H2,1-7H3. The number of hydrogen-bond acceptors (Lipinski definition) is 10. The lowest BCUT2D eigenvalue weighted by Gasteiger charge is -2.42. The van der Waals surface area contributed by atoms with Crippen molar-refractivity contribution in [1.82, 2.24) is 24.6 Å². The van der Waals surface area contributed by atoms with Crippen molar-refractivity contribution in [3.8, 4) is 6.07 Å². The Morgan fingerprint density at radius 2 is 1.88 bits per heavy atom. The van der Waals surface area contributed by atoms with Gasteiger partial charge in [-0.05, 0) is 45.4 Å². The molecule has 0 N–H and O–H groups in total. The fourth-order valence-electron chi connectivity index (χ4n) is 6.20. The molecular formula is C33H45F3N8O4SSi. The average molecular weight is 735 g/mol. The maximum atomic E-state index is 14.5. The lowest BCUT2D eigenvalue weighted by molar-refractivity contribution is -0.137. The quantitative estimate of drug-likeness (QED) is 0.115. The molecular weight excluding hydrogens is 690 g/mol. The predicted octanol–water partition coefficient (Wildman–Crippen LogP) is 5.80. The van der Waals surface area contributed by atoms with Crippen LogP contribution in [0.2, 0.25) is 25.7 Å². The van der Waals surface area contributed by atoms with E-state index in [-0.39, 0.29) is 50.2 Å². The summed E-state index contributed by atoms with van der Waals surface area (Å²) >= 11 is -1.59. The first-order chi connectivity index (χ1) is 23.4. The molecule has 2 atom stereocenters. The third-order valence-electron chi connectivity index (χ3n) is 8.65. The van der Waals surface area contributed by atoms with Gasteiger partial charge in [-0.1, -0.05) is 19.6 Å². The van der Waals surface area contributed by atoms with Gasteiger partial charge in [0.2, 0.25) is 0 Å². The zero-order chi connectivity index (χ0) is 36.6. The van der Waals surface area contributed by atoms with Crippen molar-refractivity contribution in [2.24, 2.45) is 0 Å². The van der Waals surface area contributed by atoms with Crippen molar-refractivity contribution < 1.29 is 32.0 Å². The molecule has 17 heteroatoms. The minimum absolute atomic E-state index is 0.00777. The van der Waals surface area contributed by atoms with E-state index in [0.717, 1.165) is 17.7 Å². The predicted molar refractivity (Wildman–Crippen MR) is 187 cm³/mol. The number of amides is 1. The molecule has 0 saturated carbocycles. The van der Waals surface area contributed by atoms with Gasteiger partial charge >= 0.3 is 17.4 Å². The number of fused-ring (bicyclic) bond motifs is 2. The van der Waals surface area contributed by atoms with Crippen LogP contribution in [0.1, 0.15) is 44.0 Å². The van der Waals surface area contributed by atoms with Crippen LogP contribution in [-0.4, -0.2) is 94.1 Å². The number of ether oxygens (including phenoxy) is 2. The van der Waals surface area contributed by atoms with Gasteiger partial charge in [0.25, 0.3) is 0 Å². The normalized spacial score (nSPS) is 17.9. The average Bonchev–Trinajstić information content (AvgIpc) is 3.43. The molecule has 4 heterocycles. The number of benzene rings is 1. The maximum Gasteiger partial charge on any atom is 0.418 e. The van der Waals surface area contributed by atoms with E-state index >= 15 is 0 Å². The van der Waals surface area contributed by atoms with Gasteiger partial charge in [-0.15, -0.1) is 0 Å². The third-order valence-corrected chi connectivity index (χ3v) is 11.0. The Morgan fingerprint density at radius 3 is 2.52 bits per heavy atom. The van der Waals surface area contributed by atoms with E-state index in [1.165, 1.54) is 18.5 Å². The van der Waals surface area contributed by atoms with Gasteiger partial charge in [-0.25, -0.2) is 9.48 Å². The summed E-state index contributed by atoms with van der Waals surface area (Å²) in [6.45, 7) is 13.9. The van der Waals surface area contributed by atoms with Crippen LogP contribution in [0.5, 0.6) is 0 Å². The van der Waals surface area contributed by atoms with Crippen molar-refractivity contribution in [1.29, 1.82) is 5.26 Å². The van der Waals surface area contributed by atoms with E-state index in [1.807, 2.05) is 4.90 Å². The number of rotatable bonds is 9. The van der Waals surface area contributed by atoms with E-state index < -0.39 is 48.7 Å². The number of aromatic nitrogens is 4. The Labute approximate surface area is 294 Å². The molecule has 5 rings (SSSR count). The summed E-state index contributed by atoms with van der Waals surface area (Å²) in [6.07, 6.45) is -1.86. The summed E-state index contributed by atoms with van der Waals surface area (Å²) in [6, 6.07) is 5.14. The SMILES string of the molecule is C[S+]([O-])c1nc2c(c(N3CCN(C(=O)OC(C)(C)C)C(CC#N)C3)n1)CCN(c1c(C(F)(F)F)ccc3c1cnn3COCC[Si](C)(C)C)C2. The molecule has 1 fully saturated rings. The molecule has 2 aliphatic rings. The minimum Gasteiger partial charge on any atom is -0.609 e. The fourth-order valence-corrected chi connectivity index (χ4v) is 7.41. The molecule has 1 saturated heterocycles. The van der Waals surface area contributed by atoms with E-state index in [1.54, 1.807) is 35.3 Å². The second-order valence-corrected chi connectivity index (χ2v) is 21.8. The largest absolute Gasteiger partial charge is 0.609 e. The summed E-state index contributed by atoms with van der Waals surface area (Å²) in [5.41, 5.74) is 0.262. The lowest BCUT2D eigenvalue weighted by Crippen LogP contribution is -2.56. The fraction of sp³-hybridized carbons (Fsp3) is 0.606. The zero-order valence-electron chi connectivity index (χ0n) is 29.6. The lowest BCUT2D eigenvalue weighted by atomic mass is 10.0. The third kappa shape index (κ3) is 8.64. The number of carbonyl (C=O) groups excluding carboxylic acids is 1. The summed E-state index contributed by atoms with van der Waals surface area (Å²) in [5, 5.41) is 14.4. The van der Waals surface area contributed by atoms with Crippen LogP contribution in [0.4, 0.5) is 29.5 Å². The van der Waals surface area contributed by atoms with Crippen LogP contribution in [0.25, 0.3) is 10.9 Å². The summed E-state index contributed by atoms with van der Waals surface area (Å²) < 4.78 is 69.4. The second kappa shape index (κ2) is 14.6. The highest BCUT2D eigenvalue weighted by Crippen LogP contribution is 2.43. The van der Waals surface area contributed by atoms with Crippen molar-refractivity contribution in [2.75, 3.05) is 48.8 Å². The Hall–Kier alpha value is -3.59. The number of hydrogen-bond donors (Lipinski definition) is 0. The van der Waals surface area contributed by atoms with Gasteiger partial charge in [-0.3, -0.25) is 0 Å². The summed E-state index contributed by atoms with van der Waals surface area (Å²) in [4.78, 5) is 27.4. The monoisotopic (exact) mass is 734 g/mol. The first kappa shape index (κ1) is 37.7. The molecule has 1 aromatic carbocycles. The minimum atomic E-state index is -4.63. The first-order valence-electron chi connectivity index (χ1n) is 16.6.